The van der Waals surface area contributed by atoms with Gasteiger partial charge in [-0.3, -0.25) is 4.98 Å². The third kappa shape index (κ3) is 1.08. The zero-order valence-electron chi connectivity index (χ0n) is 8.45. The number of pyridine rings is 1. The van der Waals surface area contributed by atoms with Crippen molar-refractivity contribution in [1.29, 1.82) is 0 Å². The predicted molar refractivity (Wildman–Crippen MR) is 56.2 cm³/mol. The molecule has 3 aromatic rings. The van der Waals surface area contributed by atoms with Crippen LogP contribution in [-0.2, 0) is 7.05 Å². The number of nitrogens with two attached hydrogens (primary N) is 1. The Balaban J connectivity index is 2.33. The third-order valence-electron chi connectivity index (χ3n) is 2.41. The first-order valence-electron chi connectivity index (χ1n) is 4.62. The van der Waals surface area contributed by atoms with Gasteiger partial charge in [0.1, 0.15) is 0 Å². The number of imidazole rings is 1. The molecule has 0 amide bonds. The largest absolute Gasteiger partial charge is 0.379 e. The van der Waals surface area contributed by atoms with Gasteiger partial charge in [-0.05, 0) is 16.4 Å². The van der Waals surface area contributed by atoms with Gasteiger partial charge >= 0.3 is 0 Å². The van der Waals surface area contributed by atoms with Gasteiger partial charge in [0, 0.05) is 13.2 Å². The predicted octanol–water partition coefficient (Wildman–Crippen LogP) is 0.600. The van der Waals surface area contributed by atoms with Crippen LogP contribution in [0.4, 0.5) is 5.82 Å². The lowest BCUT2D eigenvalue weighted by atomic mass is 10.4. The van der Waals surface area contributed by atoms with Gasteiger partial charge in [0.15, 0.2) is 17.3 Å². The van der Waals surface area contributed by atoms with Crippen LogP contribution >= 0.6 is 0 Å². The molecular formula is C9H8N6O. The first-order valence-corrected chi connectivity index (χ1v) is 4.62. The molecule has 3 heterocycles. The van der Waals surface area contributed by atoms with E-state index in [9.17, 15) is 0 Å². The molecule has 16 heavy (non-hydrogen) atoms. The fourth-order valence-corrected chi connectivity index (χ4v) is 1.60. The summed E-state index contributed by atoms with van der Waals surface area (Å²) in [5.41, 5.74) is 7.80. The zero-order valence-corrected chi connectivity index (χ0v) is 8.45. The van der Waals surface area contributed by atoms with E-state index in [0.717, 1.165) is 11.0 Å². The van der Waals surface area contributed by atoms with Crippen LogP contribution in [0.25, 0.3) is 22.6 Å². The molecule has 0 atom stereocenters. The summed E-state index contributed by atoms with van der Waals surface area (Å²) >= 11 is 0. The van der Waals surface area contributed by atoms with Gasteiger partial charge in [-0.15, -0.1) is 0 Å². The van der Waals surface area contributed by atoms with Gasteiger partial charge < -0.3 is 10.3 Å². The minimum absolute atomic E-state index is 0.228. The molecule has 7 nitrogen and oxygen atoms in total. The molecule has 3 rings (SSSR count). The molecule has 2 N–H and O–H groups in total. The molecule has 3 aromatic heterocycles. The van der Waals surface area contributed by atoms with Crippen LogP contribution in [0.1, 0.15) is 0 Å². The van der Waals surface area contributed by atoms with Crippen LogP contribution in [0.3, 0.4) is 0 Å². The van der Waals surface area contributed by atoms with E-state index in [1.807, 2.05) is 17.7 Å². The van der Waals surface area contributed by atoms with Crippen molar-refractivity contribution in [2.45, 2.75) is 0 Å². The van der Waals surface area contributed by atoms with E-state index in [1.165, 1.54) is 0 Å². The number of nitrogen functional groups attached to an aromatic ring is 1. The summed E-state index contributed by atoms with van der Waals surface area (Å²) in [7, 11) is 1.86. The van der Waals surface area contributed by atoms with Crippen LogP contribution < -0.4 is 5.73 Å². The summed E-state index contributed by atoms with van der Waals surface area (Å²) in [5.74, 6) is 0.841. The maximum Gasteiger partial charge on any atom is 0.199 e. The van der Waals surface area contributed by atoms with Crippen molar-refractivity contribution < 1.29 is 4.63 Å². The lowest BCUT2D eigenvalue weighted by Gasteiger charge is -1.97. The second-order valence-electron chi connectivity index (χ2n) is 3.36. The van der Waals surface area contributed by atoms with Crippen LogP contribution in [0.5, 0.6) is 0 Å². The third-order valence-corrected chi connectivity index (χ3v) is 2.41. The molecule has 0 aliphatic rings. The number of aromatic nitrogens is 5. The maximum atomic E-state index is 5.63. The average Bonchev–Trinajstić information content (AvgIpc) is 2.84. The van der Waals surface area contributed by atoms with Gasteiger partial charge in [-0.2, -0.15) is 0 Å². The minimum atomic E-state index is 0.228. The minimum Gasteiger partial charge on any atom is -0.379 e. The summed E-state index contributed by atoms with van der Waals surface area (Å²) in [4.78, 5) is 8.44. The Morgan fingerprint density at radius 1 is 1.38 bits per heavy atom. The molecule has 7 heteroatoms. The molecule has 0 aliphatic heterocycles. The highest BCUT2D eigenvalue weighted by Crippen LogP contribution is 2.24. The molecule has 0 unspecified atom stereocenters. The van der Waals surface area contributed by atoms with E-state index >= 15 is 0 Å². The van der Waals surface area contributed by atoms with E-state index in [2.05, 4.69) is 24.9 Å². The SMILES string of the molecule is Cn1c(-c2nonc2N)nc2ccncc21. The van der Waals surface area contributed by atoms with Crippen molar-refractivity contribution >= 4 is 16.9 Å². The lowest BCUT2D eigenvalue weighted by molar-refractivity contribution is 0.310. The number of hydrogen-bond acceptors (Lipinski definition) is 6. The Morgan fingerprint density at radius 3 is 2.94 bits per heavy atom. The highest BCUT2D eigenvalue weighted by molar-refractivity contribution is 5.80. The van der Waals surface area contributed by atoms with Gasteiger partial charge in [0.05, 0.1) is 17.2 Å². The quantitative estimate of drug-likeness (QED) is 0.639. The first-order chi connectivity index (χ1) is 7.77. The van der Waals surface area contributed by atoms with E-state index in [0.29, 0.717) is 11.5 Å². The maximum absolute atomic E-state index is 5.63. The van der Waals surface area contributed by atoms with Gasteiger partial charge in [0.2, 0.25) is 0 Å². The summed E-state index contributed by atoms with van der Waals surface area (Å²) < 4.78 is 6.40. The van der Waals surface area contributed by atoms with Crippen LogP contribution in [0.2, 0.25) is 0 Å². The fraction of sp³-hybridized carbons (Fsp3) is 0.111. The van der Waals surface area contributed by atoms with Crippen molar-refractivity contribution in [3.05, 3.63) is 18.5 Å². The number of hydrogen-bond donors (Lipinski definition) is 1. The fourth-order valence-electron chi connectivity index (χ4n) is 1.60. The smallest absolute Gasteiger partial charge is 0.199 e. The van der Waals surface area contributed by atoms with Crippen LogP contribution in [-0.4, -0.2) is 24.8 Å². The summed E-state index contributed by atoms with van der Waals surface area (Å²) in [6.45, 7) is 0. The molecule has 0 spiro atoms. The van der Waals surface area contributed by atoms with E-state index < -0.39 is 0 Å². The molecule has 0 aliphatic carbocycles. The van der Waals surface area contributed by atoms with Crippen LogP contribution in [0, 0.1) is 0 Å². The van der Waals surface area contributed by atoms with E-state index in [1.54, 1.807) is 12.4 Å². The van der Waals surface area contributed by atoms with Crippen LogP contribution in [0.15, 0.2) is 23.1 Å². The Labute approximate surface area is 89.9 Å². The Hall–Kier alpha value is -2.44. The number of nitrogens with zero attached hydrogens (tertiary/aromatic N) is 5. The number of anilines is 1. The first kappa shape index (κ1) is 8.84. The Morgan fingerprint density at radius 2 is 2.25 bits per heavy atom. The monoisotopic (exact) mass is 216 g/mol. The highest BCUT2D eigenvalue weighted by atomic mass is 16.6. The van der Waals surface area contributed by atoms with Crippen molar-refractivity contribution in [2.75, 3.05) is 5.73 Å². The summed E-state index contributed by atoms with van der Waals surface area (Å²) in [6, 6.07) is 1.82. The summed E-state index contributed by atoms with van der Waals surface area (Å²) in [5, 5.41) is 7.25. The van der Waals surface area contributed by atoms with E-state index in [4.69, 9.17) is 5.73 Å². The number of fused-ring (bicyclic) bond motifs is 1. The zero-order chi connectivity index (χ0) is 11.1. The van der Waals surface area contributed by atoms with Gasteiger partial charge in [-0.25, -0.2) is 9.61 Å². The Bertz CT molecular complexity index is 655. The van der Waals surface area contributed by atoms with E-state index in [-0.39, 0.29) is 5.82 Å². The Kier molecular flexibility index (Phi) is 1.67. The number of rotatable bonds is 1. The lowest BCUT2D eigenvalue weighted by Crippen LogP contribution is -1.96. The molecule has 0 fully saturated rings. The molecule has 0 bridgehead atoms. The molecule has 0 saturated heterocycles. The van der Waals surface area contributed by atoms with Gasteiger partial charge in [0.25, 0.3) is 0 Å². The highest BCUT2D eigenvalue weighted by Gasteiger charge is 2.16. The molecular weight excluding hydrogens is 208 g/mol. The molecule has 0 radical (unpaired) electrons. The normalized spacial score (nSPS) is 11.1. The van der Waals surface area contributed by atoms with Crippen molar-refractivity contribution in [3.8, 4) is 11.5 Å². The van der Waals surface area contributed by atoms with Crippen molar-refractivity contribution in [3.63, 3.8) is 0 Å². The topological polar surface area (TPSA) is 95.7 Å². The molecule has 0 saturated carbocycles. The summed E-state index contributed by atoms with van der Waals surface area (Å²) in [6.07, 6.45) is 3.42. The van der Waals surface area contributed by atoms with Crippen molar-refractivity contribution in [1.82, 2.24) is 24.8 Å². The van der Waals surface area contributed by atoms with Gasteiger partial charge in [-0.1, -0.05) is 0 Å². The molecule has 80 valence electrons. The average molecular weight is 216 g/mol. The second kappa shape index (κ2) is 3.02. The number of aryl methyl sites for hydroxylation is 1. The second-order valence-corrected chi connectivity index (χ2v) is 3.36. The molecule has 0 aromatic carbocycles. The standard InChI is InChI=1S/C9H8N6O/c1-15-6-4-11-3-2-5(6)12-9(15)7-8(10)14-16-13-7/h2-4H,1H3,(H2,10,14). The van der Waals surface area contributed by atoms with Crippen molar-refractivity contribution in [2.24, 2.45) is 7.05 Å².